The maximum Gasteiger partial charge on any atom is 0.279 e. The van der Waals surface area contributed by atoms with Gasteiger partial charge in [0.15, 0.2) is 0 Å². The van der Waals surface area contributed by atoms with Gasteiger partial charge in [-0.05, 0) is 25.0 Å². The van der Waals surface area contributed by atoms with Gasteiger partial charge in [-0.15, -0.1) is 5.10 Å². The predicted octanol–water partition coefficient (Wildman–Crippen LogP) is 5.48. The molecule has 1 aliphatic carbocycles. The number of nitrogens with one attached hydrogen (secondary N) is 2. The summed E-state index contributed by atoms with van der Waals surface area (Å²) in [5.74, 6) is -0.0734. The van der Waals surface area contributed by atoms with Crippen LogP contribution in [0.5, 0.6) is 11.8 Å². The minimum Gasteiger partial charge on any atom is -0.481 e. The Kier molecular flexibility index (Phi) is 9.85. The highest BCUT2D eigenvalue weighted by atomic mass is 35.5. The largest absolute Gasteiger partial charge is 0.481 e. The quantitative estimate of drug-likeness (QED) is 0.220. The van der Waals surface area contributed by atoms with Gasteiger partial charge in [0.05, 0.1) is 41.8 Å². The molecular weight excluding hydrogens is 605 g/mol. The number of rotatable bonds is 9. The molecule has 1 amide bonds. The van der Waals surface area contributed by atoms with E-state index in [1.54, 1.807) is 25.3 Å². The number of methoxy groups -OCH3 is 2. The number of hydrogen-bond donors (Lipinski definition) is 3. The molecule has 0 spiro atoms. The molecule has 1 saturated carbocycles. The second-order valence-electron chi connectivity index (χ2n) is 10.5. The van der Waals surface area contributed by atoms with Crippen LogP contribution in [0.2, 0.25) is 10.0 Å². The highest BCUT2D eigenvalue weighted by Gasteiger charge is 2.23. The zero-order valence-corrected chi connectivity index (χ0v) is 26.1. The van der Waals surface area contributed by atoms with E-state index in [0.717, 1.165) is 35.9 Å². The number of benzene rings is 2. The number of aromatic nitrogens is 3. The second kappa shape index (κ2) is 13.8. The lowest BCUT2D eigenvalue weighted by molar-refractivity contribution is 0.0901. The Morgan fingerprint density at radius 2 is 1.70 bits per heavy atom. The van der Waals surface area contributed by atoms with Gasteiger partial charge in [-0.2, -0.15) is 0 Å². The summed E-state index contributed by atoms with van der Waals surface area (Å²) in [6.07, 6.45) is 3.53. The van der Waals surface area contributed by atoms with Crippen LogP contribution in [-0.2, 0) is 13.6 Å². The highest BCUT2D eigenvalue weighted by Crippen LogP contribution is 2.41. The summed E-state index contributed by atoms with van der Waals surface area (Å²) in [6.45, 7) is 0.512. The number of pyridine rings is 1. The average molecular weight is 639 g/mol. The molecule has 1 unspecified atom stereocenters. The van der Waals surface area contributed by atoms with Crippen LogP contribution in [0.3, 0.4) is 0 Å². The van der Waals surface area contributed by atoms with Crippen LogP contribution in [0.4, 0.5) is 5.69 Å². The molecule has 0 radical (unpaired) electrons. The Morgan fingerprint density at radius 3 is 2.43 bits per heavy atom. The Hall–Kier alpha value is -3.96. The molecule has 5 rings (SSSR count). The summed E-state index contributed by atoms with van der Waals surface area (Å²) in [5, 5.41) is 21.1. The van der Waals surface area contributed by atoms with Crippen molar-refractivity contribution >= 4 is 34.8 Å². The molecule has 44 heavy (non-hydrogen) atoms. The fourth-order valence-corrected chi connectivity index (χ4v) is 5.93. The molecule has 230 valence electrons. The Labute approximate surface area is 264 Å². The second-order valence-corrected chi connectivity index (χ2v) is 11.3. The van der Waals surface area contributed by atoms with E-state index in [-0.39, 0.29) is 28.6 Å². The van der Waals surface area contributed by atoms with Crippen molar-refractivity contribution in [2.75, 3.05) is 19.5 Å². The number of ether oxygens (including phenoxy) is 2. The molecule has 2 atom stereocenters. The summed E-state index contributed by atoms with van der Waals surface area (Å²) in [7, 11) is 4.40. The molecule has 2 aromatic carbocycles. The molecule has 0 bridgehead atoms. The molecule has 1 fully saturated rings. The van der Waals surface area contributed by atoms with E-state index in [1.807, 2.05) is 30.3 Å². The first kappa shape index (κ1) is 31.5. The first-order valence-electron chi connectivity index (χ1n) is 14.2. The van der Waals surface area contributed by atoms with Gasteiger partial charge >= 0.3 is 0 Å². The predicted molar refractivity (Wildman–Crippen MR) is 171 cm³/mol. The highest BCUT2D eigenvalue weighted by molar-refractivity contribution is 6.39. The molecular formula is C32H33Cl2N5O5. The number of nitrogens with zero attached hydrogens (tertiary/aromatic N) is 3. The number of carbonyl (C=O) groups is 1. The molecule has 2 aromatic heterocycles. The lowest BCUT2D eigenvalue weighted by Gasteiger charge is -2.28. The SMILES string of the molecule is COc1cc(C(=O)Nc2cccc(-c3cccc(-c4ccc(CNC5CCCC[C@@H]5O)c(OC)n4)c3Cl)c2Cl)c(=O)n(C)n1. The Morgan fingerprint density at radius 1 is 1.00 bits per heavy atom. The first-order valence-corrected chi connectivity index (χ1v) is 14.9. The fourth-order valence-electron chi connectivity index (χ4n) is 5.33. The monoisotopic (exact) mass is 637 g/mol. The number of carbonyl (C=O) groups excluding carboxylic acids is 1. The van der Waals surface area contributed by atoms with Crippen LogP contribution >= 0.6 is 23.2 Å². The molecule has 12 heteroatoms. The lowest BCUT2D eigenvalue weighted by Crippen LogP contribution is -2.41. The number of aliphatic hydroxyl groups excluding tert-OH is 1. The van der Waals surface area contributed by atoms with Gasteiger partial charge in [-0.25, -0.2) is 9.67 Å². The van der Waals surface area contributed by atoms with Crippen LogP contribution in [0, 0.1) is 0 Å². The third-order valence-electron chi connectivity index (χ3n) is 7.72. The summed E-state index contributed by atoms with van der Waals surface area (Å²) < 4.78 is 11.7. The van der Waals surface area contributed by atoms with Gasteiger partial charge in [0, 0.05) is 48.0 Å². The summed E-state index contributed by atoms with van der Waals surface area (Å²) in [5.41, 5.74) is 2.93. The van der Waals surface area contributed by atoms with Gasteiger partial charge in [0.25, 0.3) is 11.5 Å². The topological polar surface area (TPSA) is 128 Å². The maximum absolute atomic E-state index is 13.1. The van der Waals surface area contributed by atoms with E-state index in [0.29, 0.717) is 45.5 Å². The van der Waals surface area contributed by atoms with Gasteiger partial charge in [0.2, 0.25) is 11.8 Å². The summed E-state index contributed by atoms with van der Waals surface area (Å²) >= 11 is 13.8. The van der Waals surface area contributed by atoms with Crippen molar-refractivity contribution in [1.29, 1.82) is 0 Å². The van der Waals surface area contributed by atoms with E-state index in [1.165, 1.54) is 20.2 Å². The molecule has 10 nitrogen and oxygen atoms in total. The average Bonchev–Trinajstić information content (AvgIpc) is 3.03. The number of halogens is 2. The molecule has 1 aliphatic rings. The smallest absolute Gasteiger partial charge is 0.279 e. The zero-order chi connectivity index (χ0) is 31.4. The van der Waals surface area contributed by atoms with Crippen molar-refractivity contribution in [2.24, 2.45) is 7.05 Å². The lowest BCUT2D eigenvalue weighted by atomic mass is 9.92. The number of aryl methyl sites for hydroxylation is 1. The van der Waals surface area contributed by atoms with Crippen molar-refractivity contribution in [3.05, 3.63) is 86.1 Å². The van der Waals surface area contributed by atoms with E-state index in [9.17, 15) is 14.7 Å². The molecule has 0 saturated heterocycles. The van der Waals surface area contributed by atoms with Crippen molar-refractivity contribution in [1.82, 2.24) is 20.1 Å². The van der Waals surface area contributed by atoms with Crippen LogP contribution < -0.4 is 25.7 Å². The molecule has 3 N–H and O–H groups in total. The zero-order valence-electron chi connectivity index (χ0n) is 24.6. The number of hydrogen-bond acceptors (Lipinski definition) is 8. The van der Waals surface area contributed by atoms with Crippen LogP contribution in [0.15, 0.2) is 59.4 Å². The standard InChI is InChI=1S/C32H33Cl2N5O5/c1-39-32(42)22(16-27(38-39)43-2)30(41)36-25-12-7-9-20(29(25)34)19-8-6-10-21(28(19)33)23-15-14-18(31(37-23)44-3)17-35-24-11-4-5-13-26(24)40/h6-10,12,14-16,24,26,35,40H,4-5,11,13,17H2,1-3H3,(H,36,41)/t24?,26-/m0/s1. The van der Waals surface area contributed by atoms with Crippen molar-refractivity contribution < 1.29 is 19.4 Å². The third-order valence-corrected chi connectivity index (χ3v) is 8.54. The van der Waals surface area contributed by atoms with Crippen LogP contribution in [0.1, 0.15) is 41.6 Å². The van der Waals surface area contributed by atoms with Crippen molar-refractivity contribution in [2.45, 2.75) is 44.4 Å². The Bertz CT molecular complexity index is 1750. The number of anilines is 1. The van der Waals surface area contributed by atoms with E-state index >= 15 is 0 Å². The maximum atomic E-state index is 13.1. The van der Waals surface area contributed by atoms with Gasteiger partial charge in [-0.1, -0.05) is 72.4 Å². The normalized spacial score (nSPS) is 16.4. The summed E-state index contributed by atoms with van der Waals surface area (Å²) in [6, 6.07) is 15.8. The third kappa shape index (κ3) is 6.58. The molecule has 4 aromatic rings. The molecule has 2 heterocycles. The summed E-state index contributed by atoms with van der Waals surface area (Å²) in [4.78, 5) is 30.4. The first-order chi connectivity index (χ1) is 21.2. The van der Waals surface area contributed by atoms with E-state index in [2.05, 4.69) is 15.7 Å². The van der Waals surface area contributed by atoms with E-state index in [4.69, 9.17) is 37.7 Å². The minimum atomic E-state index is -0.658. The minimum absolute atomic E-state index is 0.0439. The Balaban J connectivity index is 1.41. The van der Waals surface area contributed by atoms with Crippen LogP contribution in [0.25, 0.3) is 22.4 Å². The van der Waals surface area contributed by atoms with Gasteiger partial charge < -0.3 is 25.2 Å². The molecule has 0 aliphatic heterocycles. The van der Waals surface area contributed by atoms with Crippen molar-refractivity contribution in [3.63, 3.8) is 0 Å². The van der Waals surface area contributed by atoms with Crippen molar-refractivity contribution in [3.8, 4) is 34.1 Å². The van der Waals surface area contributed by atoms with E-state index < -0.39 is 11.5 Å². The van der Waals surface area contributed by atoms with Gasteiger partial charge in [-0.3, -0.25) is 9.59 Å². The number of aliphatic hydroxyl groups is 1. The van der Waals surface area contributed by atoms with Gasteiger partial charge in [0.1, 0.15) is 5.56 Å². The fraction of sp³-hybridized carbons (Fsp3) is 0.312. The number of amides is 1. The van der Waals surface area contributed by atoms with Crippen LogP contribution in [-0.4, -0.2) is 52.1 Å².